The van der Waals surface area contributed by atoms with E-state index in [4.69, 9.17) is 59.8 Å². The molecule has 424 valence electrons. The van der Waals surface area contributed by atoms with Crippen LogP contribution in [0.2, 0.25) is 0 Å². The van der Waals surface area contributed by atoms with Crippen LogP contribution in [0.25, 0.3) is 179 Å². The number of rotatable bonds is 2. The van der Waals surface area contributed by atoms with Crippen LogP contribution in [0, 0.1) is 0 Å². The summed E-state index contributed by atoms with van der Waals surface area (Å²) < 4.78 is 74.5. The molecule has 0 atom stereocenters. The van der Waals surface area contributed by atoms with Crippen LogP contribution in [0.3, 0.4) is 0 Å². The van der Waals surface area contributed by atoms with E-state index in [1.54, 1.807) is 12.1 Å². The van der Waals surface area contributed by atoms with Gasteiger partial charge in [-0.05, 0) is 12.1 Å². The zero-order valence-electron chi connectivity index (χ0n) is 45.4. The third-order valence-corrected chi connectivity index (χ3v) is 17.4. The van der Waals surface area contributed by atoms with Crippen molar-refractivity contribution in [2.24, 2.45) is 0 Å². The summed E-state index contributed by atoms with van der Waals surface area (Å²) in [5.74, 6) is 3.09. The molecule has 4 aliphatic heterocycles. The number of hydrogen-bond acceptors (Lipinski definition) is 18. The average Bonchev–Trinajstić information content (AvgIpc) is 1.68. The molecule has 0 saturated heterocycles. The van der Waals surface area contributed by atoms with Crippen molar-refractivity contribution in [2.45, 2.75) is 9.79 Å². The van der Waals surface area contributed by atoms with Gasteiger partial charge in [-0.15, -0.1) is 0 Å². The maximum atomic E-state index is 12.4. The summed E-state index contributed by atoms with van der Waals surface area (Å²) in [5, 5.41) is 4.49. The number of nitrogens with one attached hydrogen (secondary N) is 4. The minimum absolute atomic E-state index is 0. The Morgan fingerprint density at radius 2 is 0.427 bits per heavy atom. The molecule has 0 fully saturated rings. The van der Waals surface area contributed by atoms with Crippen LogP contribution >= 0.6 is 0 Å². The van der Waals surface area contributed by atoms with Crippen LogP contribution < -0.4 is 0 Å². The number of aromatic amines is 4. The van der Waals surface area contributed by atoms with Gasteiger partial charge < -0.3 is 29.0 Å². The number of nitrogens with zero attached hydrogens (tertiary/aromatic N) is 12. The topological polar surface area (TPSA) is 332 Å². The minimum atomic E-state index is -4.87. The van der Waals surface area contributed by atoms with Crippen LogP contribution in [-0.2, 0) is 37.6 Å². The second kappa shape index (κ2) is 19.9. The summed E-state index contributed by atoms with van der Waals surface area (Å²) in [4.78, 5) is 70.4. The number of H-pyrrole nitrogens is 4. The normalized spacial score (nSPS) is 12.2. The van der Waals surface area contributed by atoms with Gasteiger partial charge in [0.1, 0.15) is 65.4 Å². The molecular formula is C64H34CrN16O6S2. The monoisotopic (exact) mass is 1240 g/mol. The summed E-state index contributed by atoms with van der Waals surface area (Å²) in [6, 6.07) is 54.7. The van der Waals surface area contributed by atoms with Crippen LogP contribution in [0.15, 0.2) is 192 Å². The number of benzene rings is 8. The minimum Gasteiger partial charge on any atom is -0.744 e. The fourth-order valence-electron chi connectivity index (χ4n) is 11.7. The van der Waals surface area contributed by atoms with E-state index in [1.165, 1.54) is 24.3 Å². The molecule has 6 aromatic heterocycles. The maximum Gasteiger partial charge on any atom is 2.00 e. The van der Waals surface area contributed by atoms with E-state index in [0.717, 1.165) is 54.9 Å². The van der Waals surface area contributed by atoms with Gasteiger partial charge in [-0.25, -0.2) is 76.6 Å². The van der Waals surface area contributed by atoms with E-state index in [9.17, 15) is 25.9 Å². The molecule has 0 spiro atoms. The summed E-state index contributed by atoms with van der Waals surface area (Å²) in [6.07, 6.45) is 0. The fraction of sp³-hybridized carbons (Fsp3) is 0. The van der Waals surface area contributed by atoms with Crippen molar-refractivity contribution in [1.82, 2.24) is 79.7 Å². The second-order valence-corrected chi connectivity index (χ2v) is 23.5. The Morgan fingerprint density at radius 1 is 0.236 bits per heavy atom. The summed E-state index contributed by atoms with van der Waals surface area (Å²) in [7, 11) is -9.73. The summed E-state index contributed by atoms with van der Waals surface area (Å²) in [5.41, 5.74) is 9.09. The van der Waals surface area contributed by atoms with Crippen LogP contribution in [0.1, 0.15) is 0 Å². The molecule has 25 heteroatoms. The van der Waals surface area contributed by atoms with Gasteiger partial charge in [-0.1, -0.05) is 170 Å². The molecule has 22 nitrogen and oxygen atoms in total. The largest absolute Gasteiger partial charge is 2.00 e. The molecule has 89 heavy (non-hydrogen) atoms. The Kier molecular flexibility index (Phi) is 11.9. The number of hydrogen-bond donors (Lipinski definition) is 4. The first kappa shape index (κ1) is 53.3. The molecule has 4 aliphatic rings. The van der Waals surface area contributed by atoms with E-state index in [2.05, 4.69) is 19.9 Å². The van der Waals surface area contributed by atoms with Crippen molar-refractivity contribution in [3.63, 3.8) is 0 Å². The average molecular weight is 1240 g/mol. The summed E-state index contributed by atoms with van der Waals surface area (Å²) in [6.45, 7) is 0. The van der Waals surface area contributed by atoms with Crippen LogP contribution in [0.5, 0.6) is 0 Å². The zero-order chi connectivity index (χ0) is 59.2. The first-order valence-corrected chi connectivity index (χ1v) is 30.0. The van der Waals surface area contributed by atoms with Gasteiger partial charge in [0.15, 0.2) is 46.6 Å². The standard InChI is InChI=1S/2C32H18N8O3S.Cr/c2*41-44(42,43)23-15-7-14-22-24(23)32-39-30-21-13-6-5-12-20(21)28(37-30)35-26-17-9-2-1-8-16(17)25(33-26)34-27-18-10-3-4-11-19(18)29(36-27)38-31(22)40-32;/h2*1-15H,(H,41,42,43)(H2,33,34,35,36,37,38,39,40);/q;;+2/p-2. The molecule has 14 aromatic rings. The Hall–Kier alpha value is -11.2. The van der Waals surface area contributed by atoms with Crippen molar-refractivity contribution in [2.75, 3.05) is 0 Å². The smallest absolute Gasteiger partial charge is 0.744 e. The predicted octanol–water partition coefficient (Wildman–Crippen LogP) is 11.5. The molecule has 4 N–H and O–H groups in total. The Bertz CT molecular complexity index is 5690. The van der Waals surface area contributed by atoms with Gasteiger partial charge in [-0.2, -0.15) is 0 Å². The molecule has 0 unspecified atom stereocenters. The zero-order valence-corrected chi connectivity index (χ0v) is 48.3. The van der Waals surface area contributed by atoms with Crippen molar-refractivity contribution in [3.05, 3.63) is 182 Å². The van der Waals surface area contributed by atoms with Gasteiger partial charge in [0, 0.05) is 87.6 Å². The van der Waals surface area contributed by atoms with Gasteiger partial charge >= 0.3 is 17.4 Å². The van der Waals surface area contributed by atoms with E-state index < -0.39 is 30.0 Å². The SMILES string of the molecule is O=S(=O)([O-])c1cccc2c3nc4nc(nc5[nH]c(nc6nc(nc([nH]3)c12)-c1ccccc1-6)c1ccccc51)-c1ccccc1-4.O=S(=O)([O-])c1cccc2c3nc4nc(nc5[nH]c(nc6nc(nc([nH]3)c12)-c1ccccc1-6)c1ccccc51)-c1ccccc1-4.[Cr+2]. The molecule has 0 radical (unpaired) electrons. The molecule has 10 heterocycles. The predicted molar refractivity (Wildman–Crippen MR) is 328 cm³/mol. The Balaban J connectivity index is 0.000000141. The number of fused-ring (bicyclic) bond motifs is 40. The second-order valence-electron chi connectivity index (χ2n) is 20.8. The van der Waals surface area contributed by atoms with Crippen LogP contribution in [0.4, 0.5) is 0 Å². The first-order chi connectivity index (χ1) is 42.8. The first-order valence-electron chi connectivity index (χ1n) is 27.2. The van der Waals surface area contributed by atoms with Crippen molar-refractivity contribution >= 4 is 109 Å². The number of aromatic nitrogens is 16. The molecule has 0 amide bonds. The van der Waals surface area contributed by atoms with Gasteiger partial charge in [0.05, 0.1) is 9.79 Å². The van der Waals surface area contributed by atoms with E-state index in [1.807, 2.05) is 146 Å². The molecule has 0 aliphatic carbocycles. The third-order valence-electron chi connectivity index (χ3n) is 15.6. The van der Waals surface area contributed by atoms with Gasteiger partial charge in [-0.3, -0.25) is 0 Å². The van der Waals surface area contributed by atoms with E-state index in [0.29, 0.717) is 102 Å². The van der Waals surface area contributed by atoms with E-state index in [-0.39, 0.29) is 39.4 Å². The maximum absolute atomic E-state index is 12.4. The summed E-state index contributed by atoms with van der Waals surface area (Å²) >= 11 is 0. The van der Waals surface area contributed by atoms with E-state index >= 15 is 0 Å². The fourth-order valence-corrected chi connectivity index (χ4v) is 13.1. The van der Waals surface area contributed by atoms with Crippen LogP contribution in [-0.4, -0.2) is 106 Å². The molecule has 0 saturated carbocycles. The molecular weight excluding hydrogens is 1200 g/mol. The van der Waals surface area contributed by atoms with Crippen molar-refractivity contribution < 1.29 is 43.3 Å². The quantitative estimate of drug-likeness (QED) is 0.117. The Labute approximate surface area is 511 Å². The molecule has 18 rings (SSSR count). The van der Waals surface area contributed by atoms with Crippen molar-refractivity contribution in [1.29, 1.82) is 0 Å². The Morgan fingerprint density at radius 3 is 0.663 bits per heavy atom. The molecule has 16 bridgehead atoms. The van der Waals surface area contributed by atoms with Gasteiger partial charge in [0.2, 0.25) is 0 Å². The third kappa shape index (κ3) is 8.66. The van der Waals surface area contributed by atoms with Crippen molar-refractivity contribution in [3.8, 4) is 91.1 Å². The van der Waals surface area contributed by atoms with Gasteiger partial charge in [0.25, 0.3) is 0 Å². The molecule has 8 aromatic carbocycles.